The van der Waals surface area contributed by atoms with Gasteiger partial charge in [-0.3, -0.25) is 9.10 Å². The van der Waals surface area contributed by atoms with Crippen molar-refractivity contribution in [1.82, 2.24) is 0 Å². The maximum absolute atomic E-state index is 13.6. The van der Waals surface area contributed by atoms with Gasteiger partial charge in [-0.2, -0.15) is 0 Å². The zero-order valence-electron chi connectivity index (χ0n) is 17.2. The Morgan fingerprint density at radius 1 is 0.906 bits per heavy atom. The standard InChI is InChI=1S/C22H20I2N2O5S/c1-30-18-9-12-21(31-2)20(13-18)26(32(28,29)19-10-5-16(24)6-11-19)14-22(27)25-17-7-3-15(23)4-8-17/h3-13H,14H2,1-2H3,(H,25,27). The lowest BCUT2D eigenvalue weighted by Gasteiger charge is -2.26. The minimum Gasteiger partial charge on any atom is -0.497 e. The highest BCUT2D eigenvalue weighted by Gasteiger charge is 2.30. The molecule has 0 saturated carbocycles. The number of ether oxygens (including phenoxy) is 2. The van der Waals surface area contributed by atoms with Crippen LogP contribution >= 0.6 is 45.2 Å². The van der Waals surface area contributed by atoms with E-state index in [1.54, 1.807) is 36.4 Å². The lowest BCUT2D eigenvalue weighted by molar-refractivity contribution is -0.114. The molecule has 168 valence electrons. The van der Waals surface area contributed by atoms with E-state index in [0.717, 1.165) is 11.4 Å². The summed E-state index contributed by atoms with van der Waals surface area (Å²) < 4.78 is 40.8. The highest BCUT2D eigenvalue weighted by atomic mass is 127. The highest BCUT2D eigenvalue weighted by Crippen LogP contribution is 2.35. The Morgan fingerprint density at radius 3 is 2.06 bits per heavy atom. The molecule has 3 rings (SSSR count). The molecule has 10 heteroatoms. The largest absolute Gasteiger partial charge is 0.497 e. The summed E-state index contributed by atoms with van der Waals surface area (Å²) in [5, 5.41) is 2.75. The summed E-state index contributed by atoms with van der Waals surface area (Å²) in [6.45, 7) is -0.455. The predicted octanol–water partition coefficient (Wildman–Crippen LogP) is 4.75. The third kappa shape index (κ3) is 5.84. The summed E-state index contributed by atoms with van der Waals surface area (Å²) >= 11 is 4.26. The number of amides is 1. The smallest absolute Gasteiger partial charge is 0.264 e. The Hall–Kier alpha value is -2.06. The van der Waals surface area contributed by atoms with Gasteiger partial charge in [0.05, 0.1) is 24.8 Å². The number of carbonyl (C=O) groups is 1. The minimum absolute atomic E-state index is 0.0600. The summed E-state index contributed by atoms with van der Waals surface area (Å²) in [6.07, 6.45) is 0. The Bertz CT molecular complexity index is 1200. The van der Waals surface area contributed by atoms with Crippen LogP contribution in [0.1, 0.15) is 0 Å². The number of nitrogens with zero attached hydrogens (tertiary/aromatic N) is 1. The van der Waals surface area contributed by atoms with Gasteiger partial charge in [0.1, 0.15) is 18.0 Å². The van der Waals surface area contributed by atoms with Gasteiger partial charge in [0.2, 0.25) is 5.91 Å². The van der Waals surface area contributed by atoms with E-state index >= 15 is 0 Å². The number of hydrogen-bond donors (Lipinski definition) is 1. The van der Waals surface area contributed by atoms with Gasteiger partial charge in [0.25, 0.3) is 10.0 Å². The summed E-state index contributed by atoms with van der Waals surface area (Å²) in [5.74, 6) is 0.230. The number of halogens is 2. The molecule has 0 aliphatic heterocycles. The first kappa shape index (κ1) is 24.6. The Labute approximate surface area is 214 Å². The maximum Gasteiger partial charge on any atom is 0.264 e. The molecule has 0 fully saturated rings. The average molecular weight is 678 g/mol. The molecule has 0 aliphatic rings. The Morgan fingerprint density at radius 2 is 1.50 bits per heavy atom. The number of methoxy groups -OCH3 is 2. The number of sulfonamides is 1. The summed E-state index contributed by atoms with van der Waals surface area (Å²) in [6, 6.07) is 18.4. The van der Waals surface area contributed by atoms with E-state index in [1.807, 2.05) is 12.1 Å². The lowest BCUT2D eigenvalue weighted by Crippen LogP contribution is -2.38. The predicted molar refractivity (Wildman–Crippen MR) is 141 cm³/mol. The van der Waals surface area contributed by atoms with Gasteiger partial charge in [0.15, 0.2) is 0 Å². The highest BCUT2D eigenvalue weighted by molar-refractivity contribution is 14.1. The van der Waals surface area contributed by atoms with Crippen LogP contribution < -0.4 is 19.1 Å². The van der Waals surface area contributed by atoms with Crippen LogP contribution in [0.25, 0.3) is 0 Å². The fourth-order valence-electron chi connectivity index (χ4n) is 2.89. The first-order valence-electron chi connectivity index (χ1n) is 9.30. The van der Waals surface area contributed by atoms with Gasteiger partial charge in [-0.25, -0.2) is 8.42 Å². The normalized spacial score (nSPS) is 11.0. The van der Waals surface area contributed by atoms with Crippen LogP contribution in [0.4, 0.5) is 11.4 Å². The number of anilines is 2. The number of rotatable bonds is 8. The molecule has 0 unspecified atom stereocenters. The van der Waals surface area contributed by atoms with Crippen LogP contribution in [0.15, 0.2) is 71.6 Å². The third-order valence-corrected chi connectivity index (χ3v) is 7.68. The van der Waals surface area contributed by atoms with Gasteiger partial charge in [0, 0.05) is 18.9 Å². The summed E-state index contributed by atoms with van der Waals surface area (Å²) in [4.78, 5) is 12.9. The van der Waals surface area contributed by atoms with Crippen molar-refractivity contribution in [3.63, 3.8) is 0 Å². The molecule has 0 radical (unpaired) electrons. The van der Waals surface area contributed by atoms with Crippen molar-refractivity contribution in [3.05, 3.63) is 73.9 Å². The van der Waals surface area contributed by atoms with Crippen molar-refractivity contribution >= 4 is 72.5 Å². The van der Waals surface area contributed by atoms with Crippen molar-refractivity contribution in [2.75, 3.05) is 30.4 Å². The number of hydrogen-bond acceptors (Lipinski definition) is 5. The zero-order chi connectivity index (χ0) is 23.3. The van der Waals surface area contributed by atoms with Crippen molar-refractivity contribution in [2.45, 2.75) is 4.90 Å². The molecular formula is C22H20I2N2O5S. The molecular weight excluding hydrogens is 658 g/mol. The third-order valence-electron chi connectivity index (χ3n) is 4.47. The molecule has 3 aromatic carbocycles. The van der Waals surface area contributed by atoms with Gasteiger partial charge in [-0.1, -0.05) is 0 Å². The molecule has 7 nitrogen and oxygen atoms in total. The van der Waals surface area contributed by atoms with E-state index in [4.69, 9.17) is 9.47 Å². The van der Waals surface area contributed by atoms with Gasteiger partial charge in [-0.15, -0.1) is 0 Å². The van der Waals surface area contributed by atoms with Crippen LogP contribution in [-0.2, 0) is 14.8 Å². The monoisotopic (exact) mass is 678 g/mol. The zero-order valence-corrected chi connectivity index (χ0v) is 22.3. The molecule has 0 heterocycles. The fraction of sp³-hybridized carbons (Fsp3) is 0.136. The van der Waals surface area contributed by atoms with Crippen molar-refractivity contribution < 1.29 is 22.7 Å². The molecule has 1 N–H and O–H groups in total. The molecule has 0 aromatic heterocycles. The quantitative estimate of drug-likeness (QED) is 0.348. The number of benzene rings is 3. The molecule has 0 atom stereocenters. The van der Waals surface area contributed by atoms with Crippen molar-refractivity contribution in [3.8, 4) is 11.5 Å². The van der Waals surface area contributed by atoms with Crippen LogP contribution in [0.5, 0.6) is 11.5 Å². The van der Waals surface area contributed by atoms with E-state index in [0.29, 0.717) is 17.2 Å². The van der Waals surface area contributed by atoms with E-state index in [2.05, 4.69) is 50.5 Å². The molecule has 0 saturated heterocycles. The summed E-state index contributed by atoms with van der Waals surface area (Å²) in [7, 11) is -1.17. The second kappa shape index (κ2) is 10.7. The number of carbonyl (C=O) groups excluding carboxylic acids is 1. The first-order valence-corrected chi connectivity index (χ1v) is 12.9. The lowest BCUT2D eigenvalue weighted by atomic mass is 10.2. The van der Waals surface area contributed by atoms with Crippen molar-refractivity contribution in [1.29, 1.82) is 0 Å². The molecule has 0 bridgehead atoms. The van der Waals surface area contributed by atoms with E-state index in [9.17, 15) is 13.2 Å². The topological polar surface area (TPSA) is 84.9 Å². The molecule has 3 aromatic rings. The fourth-order valence-corrected chi connectivity index (χ4v) is 5.03. The van der Waals surface area contributed by atoms with Gasteiger partial charge >= 0.3 is 0 Å². The SMILES string of the molecule is COc1ccc(OC)c(N(CC(=O)Nc2ccc(I)cc2)S(=O)(=O)c2ccc(I)cc2)c1. The van der Waals surface area contributed by atoms with Crippen LogP contribution in [0, 0.1) is 7.14 Å². The van der Waals surface area contributed by atoms with E-state index in [1.165, 1.54) is 32.4 Å². The molecule has 0 spiro atoms. The van der Waals surface area contributed by atoms with E-state index in [-0.39, 0.29) is 10.6 Å². The maximum atomic E-state index is 13.6. The Balaban J connectivity index is 2.04. The number of nitrogens with one attached hydrogen (secondary N) is 1. The van der Waals surface area contributed by atoms with Crippen LogP contribution in [-0.4, -0.2) is 35.1 Å². The minimum atomic E-state index is -4.09. The average Bonchev–Trinajstić information content (AvgIpc) is 2.78. The summed E-state index contributed by atoms with van der Waals surface area (Å²) in [5.41, 5.74) is 0.766. The van der Waals surface area contributed by atoms with E-state index < -0.39 is 22.5 Å². The molecule has 32 heavy (non-hydrogen) atoms. The second-order valence-electron chi connectivity index (χ2n) is 6.56. The molecule has 1 amide bonds. The van der Waals surface area contributed by atoms with Crippen LogP contribution in [0.3, 0.4) is 0 Å². The van der Waals surface area contributed by atoms with Gasteiger partial charge < -0.3 is 14.8 Å². The van der Waals surface area contributed by atoms with Gasteiger partial charge in [-0.05, 0) is 106 Å². The Kier molecular flexibility index (Phi) is 8.22. The van der Waals surface area contributed by atoms with Crippen LogP contribution in [0.2, 0.25) is 0 Å². The molecule has 0 aliphatic carbocycles. The van der Waals surface area contributed by atoms with Crippen molar-refractivity contribution in [2.24, 2.45) is 0 Å². The second-order valence-corrected chi connectivity index (χ2v) is 10.9. The first-order chi connectivity index (χ1) is 15.2.